The van der Waals surface area contributed by atoms with Crippen molar-refractivity contribution in [3.63, 3.8) is 0 Å². The van der Waals surface area contributed by atoms with Crippen LogP contribution in [0.1, 0.15) is 0 Å². The zero-order chi connectivity index (χ0) is 37.5. The molecule has 4 heterocycles. The molecule has 0 bridgehead atoms. The second-order valence-electron chi connectivity index (χ2n) is 14.3. The lowest BCUT2D eigenvalue weighted by molar-refractivity contribution is 0.665. The molecule has 0 fully saturated rings. The molecular formula is C51H30N4O2. The van der Waals surface area contributed by atoms with E-state index in [1.165, 1.54) is 0 Å². The first-order chi connectivity index (χ1) is 28.3. The number of para-hydroxylation sites is 6. The van der Waals surface area contributed by atoms with Crippen LogP contribution in [0.5, 0.6) is 0 Å². The van der Waals surface area contributed by atoms with Crippen LogP contribution in [0.4, 0.5) is 0 Å². The molecule has 0 atom stereocenters. The highest BCUT2D eigenvalue weighted by atomic mass is 16.3. The van der Waals surface area contributed by atoms with Gasteiger partial charge in [0, 0.05) is 60.1 Å². The Kier molecular flexibility index (Phi) is 6.83. The van der Waals surface area contributed by atoms with Crippen molar-refractivity contribution in [1.82, 2.24) is 19.5 Å². The third kappa shape index (κ3) is 4.87. The first-order valence-corrected chi connectivity index (χ1v) is 19.0. The van der Waals surface area contributed by atoms with Gasteiger partial charge in [-0.3, -0.25) is 4.57 Å². The third-order valence-electron chi connectivity index (χ3n) is 11.1. The van der Waals surface area contributed by atoms with Gasteiger partial charge in [-0.1, -0.05) is 164 Å². The molecule has 12 aromatic rings. The fraction of sp³-hybridized carbons (Fsp3) is 0. The predicted molar refractivity (Wildman–Crippen MR) is 230 cm³/mol. The molecule has 12 rings (SSSR count). The van der Waals surface area contributed by atoms with Gasteiger partial charge in [0.05, 0.1) is 11.0 Å². The van der Waals surface area contributed by atoms with Gasteiger partial charge in [-0.05, 0) is 23.8 Å². The summed E-state index contributed by atoms with van der Waals surface area (Å²) in [6.07, 6.45) is 0. The molecule has 266 valence electrons. The summed E-state index contributed by atoms with van der Waals surface area (Å²) >= 11 is 0. The molecule has 8 aromatic carbocycles. The number of hydrogen-bond donors (Lipinski definition) is 0. The molecule has 0 spiro atoms. The van der Waals surface area contributed by atoms with E-state index in [1.807, 2.05) is 48.5 Å². The van der Waals surface area contributed by atoms with Crippen LogP contribution >= 0.6 is 0 Å². The van der Waals surface area contributed by atoms with E-state index in [2.05, 4.69) is 138 Å². The Morgan fingerprint density at radius 1 is 0.316 bits per heavy atom. The summed E-state index contributed by atoms with van der Waals surface area (Å²) in [4.78, 5) is 15.2. The van der Waals surface area contributed by atoms with Crippen molar-refractivity contribution in [3.8, 4) is 51.0 Å². The quantitative estimate of drug-likeness (QED) is 0.176. The summed E-state index contributed by atoms with van der Waals surface area (Å²) < 4.78 is 15.5. The molecule has 0 saturated carbocycles. The van der Waals surface area contributed by atoms with Crippen LogP contribution < -0.4 is 0 Å². The van der Waals surface area contributed by atoms with Crippen molar-refractivity contribution < 1.29 is 8.83 Å². The number of fused-ring (bicyclic) bond motifs is 9. The Balaban J connectivity index is 0.990. The van der Waals surface area contributed by atoms with E-state index in [-0.39, 0.29) is 0 Å². The fourth-order valence-electron chi connectivity index (χ4n) is 8.47. The summed E-state index contributed by atoms with van der Waals surface area (Å²) in [5.41, 5.74) is 11.3. The number of nitrogens with zero attached hydrogens (tertiary/aromatic N) is 4. The summed E-state index contributed by atoms with van der Waals surface area (Å²) in [7, 11) is 0. The van der Waals surface area contributed by atoms with Crippen LogP contribution in [-0.4, -0.2) is 19.5 Å². The molecule has 0 unspecified atom stereocenters. The molecule has 0 aliphatic heterocycles. The van der Waals surface area contributed by atoms with E-state index in [4.69, 9.17) is 23.8 Å². The Morgan fingerprint density at radius 3 is 1.42 bits per heavy atom. The molecule has 0 saturated heterocycles. The zero-order valence-electron chi connectivity index (χ0n) is 30.4. The Morgan fingerprint density at radius 2 is 0.772 bits per heavy atom. The van der Waals surface area contributed by atoms with Crippen molar-refractivity contribution >= 4 is 65.7 Å². The maximum absolute atomic E-state index is 6.88. The minimum absolute atomic E-state index is 0.571. The van der Waals surface area contributed by atoms with Gasteiger partial charge in [0.25, 0.3) is 0 Å². The van der Waals surface area contributed by atoms with Gasteiger partial charge in [-0.25, -0.2) is 4.98 Å². The molecular weight excluding hydrogens is 701 g/mol. The van der Waals surface area contributed by atoms with Gasteiger partial charge < -0.3 is 8.83 Å². The SMILES string of the molecule is c1ccc(-c2nc(-c3ccc(-c4cccc5c4oc4c(-c6cccc7c6oc6ccccc67)cccc45)cc3)nc(-n3c4ccccc4c4ccccc43)n2)cc1. The van der Waals surface area contributed by atoms with E-state index >= 15 is 0 Å². The zero-order valence-corrected chi connectivity index (χ0v) is 30.4. The summed E-state index contributed by atoms with van der Waals surface area (Å²) in [5, 5.41) is 6.62. The smallest absolute Gasteiger partial charge is 0.238 e. The van der Waals surface area contributed by atoms with E-state index in [0.29, 0.717) is 17.6 Å². The van der Waals surface area contributed by atoms with Crippen molar-refractivity contribution in [1.29, 1.82) is 0 Å². The maximum Gasteiger partial charge on any atom is 0.238 e. The monoisotopic (exact) mass is 730 g/mol. The number of hydrogen-bond acceptors (Lipinski definition) is 5. The highest BCUT2D eigenvalue weighted by Gasteiger charge is 2.20. The van der Waals surface area contributed by atoms with Gasteiger partial charge in [-0.2, -0.15) is 9.97 Å². The summed E-state index contributed by atoms with van der Waals surface area (Å²) in [6.45, 7) is 0. The van der Waals surface area contributed by atoms with Gasteiger partial charge in [0.2, 0.25) is 5.95 Å². The van der Waals surface area contributed by atoms with E-state index < -0.39 is 0 Å². The van der Waals surface area contributed by atoms with Gasteiger partial charge in [0.15, 0.2) is 11.6 Å². The van der Waals surface area contributed by atoms with Crippen LogP contribution in [-0.2, 0) is 0 Å². The number of rotatable bonds is 5. The maximum atomic E-state index is 6.88. The highest BCUT2D eigenvalue weighted by molar-refractivity contribution is 6.16. The van der Waals surface area contributed by atoms with Crippen molar-refractivity contribution in [2.24, 2.45) is 0 Å². The Labute approximate surface area is 325 Å². The first kappa shape index (κ1) is 31.5. The van der Waals surface area contributed by atoms with Crippen LogP contribution in [0.25, 0.3) is 117 Å². The van der Waals surface area contributed by atoms with E-state index in [9.17, 15) is 0 Å². The second-order valence-corrected chi connectivity index (χ2v) is 14.3. The molecule has 0 aliphatic rings. The average Bonchev–Trinajstić information content (AvgIpc) is 3.97. The molecule has 0 amide bonds. The number of aromatic nitrogens is 4. The summed E-state index contributed by atoms with van der Waals surface area (Å²) in [6, 6.07) is 62.5. The lowest BCUT2D eigenvalue weighted by Gasteiger charge is -2.11. The van der Waals surface area contributed by atoms with Gasteiger partial charge in [0.1, 0.15) is 22.3 Å². The molecule has 6 nitrogen and oxygen atoms in total. The molecule has 0 N–H and O–H groups in total. The number of furan rings is 2. The predicted octanol–water partition coefficient (Wildman–Crippen LogP) is 13.4. The highest BCUT2D eigenvalue weighted by Crippen LogP contribution is 2.43. The van der Waals surface area contributed by atoms with Crippen LogP contribution in [0.15, 0.2) is 191 Å². The molecule has 6 heteroatoms. The average molecular weight is 731 g/mol. The lowest BCUT2D eigenvalue weighted by Crippen LogP contribution is -2.06. The van der Waals surface area contributed by atoms with Crippen LogP contribution in [0.2, 0.25) is 0 Å². The van der Waals surface area contributed by atoms with E-state index in [1.54, 1.807) is 0 Å². The molecule has 0 radical (unpaired) electrons. The fourth-order valence-corrected chi connectivity index (χ4v) is 8.47. The van der Waals surface area contributed by atoms with Crippen molar-refractivity contribution in [2.75, 3.05) is 0 Å². The molecule has 0 aliphatic carbocycles. The standard InChI is InChI=1S/C51H30N4O2/c1-2-13-32(14-3-1)49-52-50(54-51(53-49)55-43-24-7-4-15-35(43)36-16-5-8-25-44(36)55)33-29-27-31(28-30-33)34-18-10-20-39-41-22-12-23-42(48(41)57-46(34)39)40-21-11-19-38-37-17-6-9-26-45(37)56-47(38)40/h1-30H. The van der Waals surface area contributed by atoms with E-state index in [0.717, 1.165) is 99.1 Å². The molecule has 57 heavy (non-hydrogen) atoms. The van der Waals surface area contributed by atoms with Crippen molar-refractivity contribution in [2.45, 2.75) is 0 Å². The van der Waals surface area contributed by atoms with Gasteiger partial charge in [-0.15, -0.1) is 0 Å². The van der Waals surface area contributed by atoms with Crippen LogP contribution in [0, 0.1) is 0 Å². The largest absolute Gasteiger partial charge is 0.455 e. The van der Waals surface area contributed by atoms with Crippen LogP contribution in [0.3, 0.4) is 0 Å². The Bertz CT molecular complexity index is 3470. The summed E-state index contributed by atoms with van der Waals surface area (Å²) in [5.74, 6) is 1.78. The molecule has 4 aromatic heterocycles. The minimum Gasteiger partial charge on any atom is -0.455 e. The second kappa shape index (κ2) is 12.3. The number of benzene rings is 8. The first-order valence-electron chi connectivity index (χ1n) is 19.0. The minimum atomic E-state index is 0.571. The van der Waals surface area contributed by atoms with Gasteiger partial charge >= 0.3 is 0 Å². The third-order valence-corrected chi connectivity index (χ3v) is 11.1. The Hall–Kier alpha value is -7.83. The lowest BCUT2D eigenvalue weighted by atomic mass is 9.98. The van der Waals surface area contributed by atoms with Crippen molar-refractivity contribution in [3.05, 3.63) is 182 Å². The topological polar surface area (TPSA) is 69.9 Å². The normalized spacial score (nSPS) is 11.9.